The number of rotatable bonds is 4. The molecule has 0 bridgehead atoms. The maximum absolute atomic E-state index is 12.7. The molecule has 0 saturated heterocycles. The average Bonchev–Trinajstić information content (AvgIpc) is 2.61. The Kier molecular flexibility index (Phi) is 4.54. The van der Waals surface area contributed by atoms with Gasteiger partial charge in [0.15, 0.2) is 11.5 Å². The maximum atomic E-state index is 12.7. The summed E-state index contributed by atoms with van der Waals surface area (Å²) < 4.78 is 36.2. The molecule has 1 unspecified atom stereocenters. The van der Waals surface area contributed by atoms with E-state index < -0.39 is 18.0 Å². The van der Waals surface area contributed by atoms with Gasteiger partial charge in [-0.2, -0.15) is 0 Å². The number of nitrogens with one attached hydrogen (secondary N) is 1. The quantitative estimate of drug-likeness (QED) is 0.927. The zero-order chi connectivity index (χ0) is 17.1. The number of nitrogens with zero attached hydrogens (tertiary/aromatic N) is 2. The van der Waals surface area contributed by atoms with E-state index in [1.54, 1.807) is 13.2 Å². The fourth-order valence-corrected chi connectivity index (χ4v) is 2.52. The lowest BCUT2D eigenvalue weighted by atomic mass is 10.0. The van der Waals surface area contributed by atoms with Crippen molar-refractivity contribution in [3.8, 4) is 11.5 Å². The first-order valence-electron chi connectivity index (χ1n) is 7.28. The number of methoxy groups -OCH3 is 1. The normalized spacial score (nSPS) is 16.2. The fraction of sp³-hybridized carbons (Fsp3) is 0.312. The van der Waals surface area contributed by atoms with Crippen LogP contribution in [0.25, 0.3) is 0 Å². The van der Waals surface area contributed by atoms with Crippen molar-refractivity contribution in [2.24, 2.45) is 0 Å². The van der Waals surface area contributed by atoms with E-state index in [4.69, 9.17) is 9.47 Å². The number of hydrogen-bond donors (Lipinski definition) is 1. The highest BCUT2D eigenvalue weighted by Crippen LogP contribution is 2.34. The molecule has 126 valence electrons. The molecular weight excluding hydrogens is 320 g/mol. The minimum absolute atomic E-state index is 0.100. The number of para-hydroxylation sites is 1. The molecule has 1 aromatic carbocycles. The molecule has 0 saturated carbocycles. The van der Waals surface area contributed by atoms with Crippen molar-refractivity contribution in [2.45, 2.75) is 18.9 Å². The number of carbonyl (C=O) groups is 1. The van der Waals surface area contributed by atoms with Crippen LogP contribution in [0.1, 0.15) is 28.2 Å². The van der Waals surface area contributed by atoms with Crippen molar-refractivity contribution >= 4 is 5.91 Å². The van der Waals surface area contributed by atoms with E-state index in [-0.39, 0.29) is 18.3 Å². The lowest BCUT2D eigenvalue weighted by Gasteiger charge is -2.27. The zero-order valence-corrected chi connectivity index (χ0v) is 12.8. The molecule has 1 aromatic heterocycles. The van der Waals surface area contributed by atoms with Crippen LogP contribution in [0, 0.1) is 0 Å². The minimum atomic E-state index is -2.75. The highest BCUT2D eigenvalue weighted by Gasteiger charge is 2.25. The molecule has 0 radical (unpaired) electrons. The number of alkyl halides is 2. The predicted molar refractivity (Wildman–Crippen MR) is 80.4 cm³/mol. The topological polar surface area (TPSA) is 73.3 Å². The summed E-state index contributed by atoms with van der Waals surface area (Å²) in [7, 11) is 1.56. The number of aromatic nitrogens is 2. The van der Waals surface area contributed by atoms with Crippen LogP contribution in [0.5, 0.6) is 11.5 Å². The Balaban J connectivity index is 1.71. The van der Waals surface area contributed by atoms with E-state index in [0.29, 0.717) is 17.9 Å². The van der Waals surface area contributed by atoms with Crippen LogP contribution in [0.2, 0.25) is 0 Å². The summed E-state index contributed by atoms with van der Waals surface area (Å²) >= 11 is 0. The van der Waals surface area contributed by atoms with Crippen LogP contribution in [-0.2, 0) is 6.42 Å². The number of fused-ring (bicyclic) bond motifs is 1. The van der Waals surface area contributed by atoms with Gasteiger partial charge in [-0.25, -0.2) is 18.7 Å². The molecule has 2 aromatic rings. The first-order valence-corrected chi connectivity index (χ1v) is 7.28. The second-order valence-corrected chi connectivity index (χ2v) is 5.26. The standard InChI is InChI=1S/C16H15F2N3O3/c1-23-13-4-2-3-9-5-10(7-24-14(9)13)21-16(22)12-6-11(15(17)18)19-8-20-12/h2-4,6,8,10,15H,5,7H2,1H3,(H,21,22). The number of carbonyl (C=O) groups excluding carboxylic acids is 1. The van der Waals surface area contributed by atoms with Crippen LogP contribution in [-0.4, -0.2) is 35.6 Å². The summed E-state index contributed by atoms with van der Waals surface area (Å²) in [5, 5.41) is 2.74. The Hall–Kier alpha value is -2.77. The molecule has 1 atom stereocenters. The van der Waals surface area contributed by atoms with Crippen molar-refractivity contribution in [1.82, 2.24) is 15.3 Å². The molecule has 1 N–H and O–H groups in total. The van der Waals surface area contributed by atoms with Crippen LogP contribution in [0.15, 0.2) is 30.6 Å². The summed E-state index contributed by atoms with van der Waals surface area (Å²) in [6.45, 7) is 0.256. The van der Waals surface area contributed by atoms with Crippen LogP contribution < -0.4 is 14.8 Å². The first kappa shape index (κ1) is 16.1. The monoisotopic (exact) mass is 335 g/mol. The molecular formula is C16H15F2N3O3. The fourth-order valence-electron chi connectivity index (χ4n) is 2.52. The number of hydrogen-bond acceptors (Lipinski definition) is 5. The summed E-state index contributed by atoms with van der Waals surface area (Å²) in [6.07, 6.45) is -1.25. The Labute approximate surface area is 136 Å². The predicted octanol–water partition coefficient (Wildman–Crippen LogP) is 2.16. The molecule has 3 rings (SSSR count). The van der Waals surface area contributed by atoms with E-state index in [1.165, 1.54) is 0 Å². The van der Waals surface area contributed by atoms with Crippen LogP contribution in [0.4, 0.5) is 8.78 Å². The third-order valence-corrected chi connectivity index (χ3v) is 3.66. The highest BCUT2D eigenvalue weighted by atomic mass is 19.3. The largest absolute Gasteiger partial charge is 0.493 e. The van der Waals surface area contributed by atoms with Crippen molar-refractivity contribution in [1.29, 1.82) is 0 Å². The molecule has 24 heavy (non-hydrogen) atoms. The number of amides is 1. The Morgan fingerprint density at radius 2 is 2.25 bits per heavy atom. The minimum Gasteiger partial charge on any atom is -0.493 e. The summed E-state index contributed by atoms with van der Waals surface area (Å²) in [6, 6.07) is 6.22. The molecule has 6 nitrogen and oxygen atoms in total. The van der Waals surface area contributed by atoms with Gasteiger partial charge >= 0.3 is 0 Å². The Morgan fingerprint density at radius 3 is 3.00 bits per heavy atom. The van der Waals surface area contributed by atoms with Gasteiger partial charge in [0.25, 0.3) is 12.3 Å². The SMILES string of the molecule is COc1cccc2c1OCC(NC(=O)c1cc(C(F)F)ncn1)C2. The van der Waals surface area contributed by atoms with E-state index >= 15 is 0 Å². The lowest BCUT2D eigenvalue weighted by Crippen LogP contribution is -2.43. The van der Waals surface area contributed by atoms with Gasteiger partial charge < -0.3 is 14.8 Å². The van der Waals surface area contributed by atoms with Crippen molar-refractivity contribution in [3.63, 3.8) is 0 Å². The van der Waals surface area contributed by atoms with Gasteiger partial charge in [0, 0.05) is 5.56 Å². The second kappa shape index (κ2) is 6.77. The molecule has 1 aliphatic rings. The molecule has 1 amide bonds. The van der Waals surface area contributed by atoms with Gasteiger partial charge in [-0.05, 0) is 18.6 Å². The van der Waals surface area contributed by atoms with Crippen LogP contribution in [0.3, 0.4) is 0 Å². The smallest absolute Gasteiger partial charge is 0.280 e. The van der Waals surface area contributed by atoms with Gasteiger partial charge in [0.1, 0.15) is 24.3 Å². The zero-order valence-electron chi connectivity index (χ0n) is 12.8. The molecule has 8 heteroatoms. The average molecular weight is 335 g/mol. The van der Waals surface area contributed by atoms with Crippen molar-refractivity contribution in [3.05, 3.63) is 47.5 Å². The van der Waals surface area contributed by atoms with Crippen LogP contribution >= 0.6 is 0 Å². The van der Waals surface area contributed by atoms with Gasteiger partial charge in [-0.3, -0.25) is 4.79 Å². The Morgan fingerprint density at radius 1 is 1.42 bits per heavy atom. The third kappa shape index (κ3) is 3.27. The molecule has 0 spiro atoms. The third-order valence-electron chi connectivity index (χ3n) is 3.66. The molecule has 0 fully saturated rings. The van der Waals surface area contributed by atoms with Gasteiger partial charge in [0.05, 0.1) is 13.2 Å². The molecule has 1 aliphatic heterocycles. The molecule has 0 aliphatic carbocycles. The number of ether oxygens (including phenoxy) is 2. The number of benzene rings is 1. The maximum Gasteiger partial charge on any atom is 0.280 e. The van der Waals surface area contributed by atoms with E-state index in [0.717, 1.165) is 18.0 Å². The van der Waals surface area contributed by atoms with Gasteiger partial charge in [-0.1, -0.05) is 12.1 Å². The van der Waals surface area contributed by atoms with Crippen molar-refractivity contribution in [2.75, 3.05) is 13.7 Å². The van der Waals surface area contributed by atoms with E-state index in [9.17, 15) is 13.6 Å². The van der Waals surface area contributed by atoms with Gasteiger partial charge in [0.2, 0.25) is 0 Å². The van der Waals surface area contributed by atoms with E-state index in [1.807, 2.05) is 12.1 Å². The Bertz CT molecular complexity index is 755. The first-order chi connectivity index (χ1) is 11.6. The van der Waals surface area contributed by atoms with Gasteiger partial charge in [-0.15, -0.1) is 0 Å². The van der Waals surface area contributed by atoms with Crippen molar-refractivity contribution < 1.29 is 23.0 Å². The summed E-state index contributed by atoms with van der Waals surface area (Å²) in [5.41, 5.74) is 0.323. The summed E-state index contributed by atoms with van der Waals surface area (Å²) in [5.74, 6) is 0.751. The molecule has 2 heterocycles. The lowest BCUT2D eigenvalue weighted by molar-refractivity contribution is 0.0908. The number of halogens is 2. The van der Waals surface area contributed by atoms with E-state index in [2.05, 4.69) is 15.3 Å². The summed E-state index contributed by atoms with van der Waals surface area (Å²) in [4.78, 5) is 19.4. The highest BCUT2D eigenvalue weighted by molar-refractivity contribution is 5.92. The second-order valence-electron chi connectivity index (χ2n) is 5.26.